The number of aryl methyl sites for hydroxylation is 1. The molecule has 1 aromatic carbocycles. The van der Waals surface area contributed by atoms with Crippen molar-refractivity contribution >= 4 is 28.7 Å². The van der Waals surface area contributed by atoms with Crippen LogP contribution in [0.2, 0.25) is 0 Å². The average molecular weight is 277 g/mol. The van der Waals surface area contributed by atoms with E-state index in [1.165, 1.54) is 11.8 Å². The van der Waals surface area contributed by atoms with Gasteiger partial charge in [-0.3, -0.25) is 19.9 Å². The third kappa shape index (κ3) is 4.10. The second-order valence-electron chi connectivity index (χ2n) is 4.16. The molecule has 0 fully saturated rings. The maximum atomic E-state index is 11.6. The van der Waals surface area contributed by atoms with Crippen LogP contribution in [0.5, 0.6) is 0 Å². The molecule has 0 atom stereocenters. The molecule has 2 N–H and O–H groups in total. The molecular formula is C13H15N3O2S. The molecule has 0 saturated heterocycles. The Morgan fingerprint density at radius 3 is 2.63 bits per heavy atom. The van der Waals surface area contributed by atoms with Gasteiger partial charge in [-0.15, -0.1) is 0 Å². The smallest absolute Gasteiger partial charge is 0.315 e. The summed E-state index contributed by atoms with van der Waals surface area (Å²) in [5.74, 6) is -0.461. The van der Waals surface area contributed by atoms with Crippen LogP contribution >= 0.6 is 11.8 Å². The number of carbonyl (C=O) groups is 2. The number of thioether (sulfide) groups is 1. The lowest BCUT2D eigenvalue weighted by Gasteiger charge is -2.06. The summed E-state index contributed by atoms with van der Waals surface area (Å²) in [5.41, 5.74) is 2.11. The maximum absolute atomic E-state index is 11.6. The Morgan fingerprint density at radius 1 is 1.26 bits per heavy atom. The topological polar surface area (TPSA) is 70.6 Å². The Labute approximate surface area is 115 Å². The van der Waals surface area contributed by atoms with Crippen LogP contribution in [0.1, 0.15) is 11.1 Å². The van der Waals surface area contributed by atoms with Crippen molar-refractivity contribution in [2.75, 3.05) is 12.3 Å². The molecular weight excluding hydrogens is 262 g/mol. The molecule has 2 amide bonds. The first-order valence-electron chi connectivity index (χ1n) is 5.97. The SMILES string of the molecule is Cc1ccc(CNC(=O)C(=O)NC2=NCCS2)cc1. The summed E-state index contributed by atoms with van der Waals surface area (Å²) in [4.78, 5) is 27.2. The van der Waals surface area contributed by atoms with Gasteiger partial charge >= 0.3 is 11.8 Å². The lowest BCUT2D eigenvalue weighted by Crippen LogP contribution is -2.41. The fraction of sp³-hybridized carbons (Fsp3) is 0.308. The van der Waals surface area contributed by atoms with E-state index < -0.39 is 11.8 Å². The Morgan fingerprint density at radius 2 is 2.00 bits per heavy atom. The third-order valence-corrected chi connectivity index (χ3v) is 3.48. The fourth-order valence-electron chi connectivity index (χ4n) is 1.53. The lowest BCUT2D eigenvalue weighted by molar-refractivity contribution is -0.138. The molecule has 1 aliphatic rings. The normalized spacial score (nSPS) is 13.8. The van der Waals surface area contributed by atoms with Crippen LogP contribution in [0.3, 0.4) is 0 Å². The molecule has 1 aliphatic heterocycles. The summed E-state index contributed by atoms with van der Waals surface area (Å²) in [6.07, 6.45) is 0. The standard InChI is InChI=1S/C13H15N3O2S/c1-9-2-4-10(5-3-9)8-15-11(17)12(18)16-13-14-6-7-19-13/h2-5H,6-8H2,1H3,(H,15,17)(H,14,16,18). The summed E-state index contributed by atoms with van der Waals surface area (Å²) in [6, 6.07) is 7.77. The Hall–Kier alpha value is -1.82. The molecule has 0 unspecified atom stereocenters. The van der Waals surface area contributed by atoms with Gasteiger partial charge in [-0.1, -0.05) is 41.6 Å². The van der Waals surface area contributed by atoms with E-state index in [1.54, 1.807) is 0 Å². The zero-order valence-corrected chi connectivity index (χ0v) is 11.4. The van der Waals surface area contributed by atoms with Crippen molar-refractivity contribution in [1.82, 2.24) is 10.6 Å². The van der Waals surface area contributed by atoms with E-state index in [-0.39, 0.29) is 0 Å². The highest BCUT2D eigenvalue weighted by atomic mass is 32.2. The Bertz CT molecular complexity index is 511. The molecule has 2 rings (SSSR count). The number of rotatable bonds is 2. The van der Waals surface area contributed by atoms with Crippen LogP contribution in [0.4, 0.5) is 0 Å². The van der Waals surface area contributed by atoms with Gasteiger partial charge < -0.3 is 5.32 Å². The first-order chi connectivity index (χ1) is 9.15. The molecule has 6 heteroatoms. The van der Waals surface area contributed by atoms with Crippen molar-refractivity contribution < 1.29 is 9.59 Å². The first kappa shape index (κ1) is 13.6. The monoisotopic (exact) mass is 277 g/mol. The predicted molar refractivity (Wildman–Crippen MR) is 75.9 cm³/mol. The zero-order valence-electron chi connectivity index (χ0n) is 10.6. The second-order valence-corrected chi connectivity index (χ2v) is 5.24. The highest BCUT2D eigenvalue weighted by molar-refractivity contribution is 8.14. The third-order valence-electron chi connectivity index (χ3n) is 2.59. The van der Waals surface area contributed by atoms with Crippen molar-refractivity contribution in [3.05, 3.63) is 35.4 Å². The Kier molecular flexibility index (Phi) is 4.57. The molecule has 0 aliphatic carbocycles. The van der Waals surface area contributed by atoms with Crippen molar-refractivity contribution in [2.45, 2.75) is 13.5 Å². The summed E-state index contributed by atoms with van der Waals surface area (Å²) in [7, 11) is 0. The van der Waals surface area contributed by atoms with E-state index in [9.17, 15) is 9.59 Å². The minimum Gasteiger partial charge on any atom is -0.344 e. The first-order valence-corrected chi connectivity index (χ1v) is 6.95. The average Bonchev–Trinajstić information content (AvgIpc) is 2.90. The van der Waals surface area contributed by atoms with Crippen molar-refractivity contribution in [3.8, 4) is 0 Å². The molecule has 0 bridgehead atoms. The van der Waals surface area contributed by atoms with Gasteiger partial charge in [0.25, 0.3) is 0 Å². The highest BCUT2D eigenvalue weighted by Crippen LogP contribution is 2.08. The molecule has 0 aromatic heterocycles. The quantitative estimate of drug-likeness (QED) is 0.787. The van der Waals surface area contributed by atoms with Gasteiger partial charge in [-0.2, -0.15) is 0 Å². The largest absolute Gasteiger partial charge is 0.344 e. The number of benzene rings is 1. The van der Waals surface area contributed by atoms with Gasteiger partial charge in [0.05, 0.1) is 6.54 Å². The van der Waals surface area contributed by atoms with Crippen molar-refractivity contribution in [1.29, 1.82) is 0 Å². The van der Waals surface area contributed by atoms with Crippen molar-refractivity contribution in [2.24, 2.45) is 4.99 Å². The van der Waals surface area contributed by atoms with Crippen LogP contribution in [0, 0.1) is 6.92 Å². The van der Waals surface area contributed by atoms with Gasteiger partial charge in [0.2, 0.25) is 0 Å². The number of carbonyl (C=O) groups excluding carboxylic acids is 2. The maximum Gasteiger partial charge on any atom is 0.315 e. The number of hydrogen-bond acceptors (Lipinski definition) is 4. The minimum absolute atomic E-state index is 0.339. The molecule has 5 nitrogen and oxygen atoms in total. The van der Waals surface area contributed by atoms with Gasteiger partial charge in [0.15, 0.2) is 5.17 Å². The second kappa shape index (κ2) is 6.38. The van der Waals surface area contributed by atoms with Crippen LogP contribution in [0.15, 0.2) is 29.3 Å². The number of amides is 2. The van der Waals surface area contributed by atoms with Gasteiger partial charge in [-0.25, -0.2) is 0 Å². The molecule has 0 spiro atoms. The van der Waals surface area contributed by atoms with E-state index in [0.717, 1.165) is 16.9 Å². The van der Waals surface area contributed by atoms with Crippen LogP contribution in [0.25, 0.3) is 0 Å². The van der Waals surface area contributed by atoms with E-state index in [4.69, 9.17) is 0 Å². The van der Waals surface area contributed by atoms with Gasteiger partial charge in [-0.05, 0) is 12.5 Å². The number of hydrogen-bond donors (Lipinski definition) is 2. The number of aliphatic imine (C=N–C) groups is 1. The molecule has 19 heavy (non-hydrogen) atoms. The van der Waals surface area contributed by atoms with E-state index in [0.29, 0.717) is 18.3 Å². The number of nitrogens with one attached hydrogen (secondary N) is 2. The molecule has 0 radical (unpaired) electrons. The van der Waals surface area contributed by atoms with Crippen molar-refractivity contribution in [3.63, 3.8) is 0 Å². The van der Waals surface area contributed by atoms with E-state index in [1.807, 2.05) is 31.2 Å². The molecule has 100 valence electrons. The summed E-state index contributed by atoms with van der Waals surface area (Å²) in [6.45, 7) is 3.02. The number of nitrogens with zero attached hydrogens (tertiary/aromatic N) is 1. The van der Waals surface area contributed by atoms with Crippen LogP contribution < -0.4 is 10.6 Å². The molecule has 1 aromatic rings. The van der Waals surface area contributed by atoms with E-state index >= 15 is 0 Å². The fourth-order valence-corrected chi connectivity index (χ4v) is 2.26. The summed E-state index contributed by atoms with van der Waals surface area (Å²) in [5, 5.41) is 5.59. The lowest BCUT2D eigenvalue weighted by atomic mass is 10.1. The summed E-state index contributed by atoms with van der Waals surface area (Å²) >= 11 is 1.44. The molecule has 0 saturated carbocycles. The van der Waals surface area contributed by atoms with Crippen LogP contribution in [-0.4, -0.2) is 29.3 Å². The van der Waals surface area contributed by atoms with Gasteiger partial charge in [0, 0.05) is 12.3 Å². The minimum atomic E-state index is -0.666. The Balaban J connectivity index is 1.80. The van der Waals surface area contributed by atoms with Crippen LogP contribution in [-0.2, 0) is 16.1 Å². The highest BCUT2D eigenvalue weighted by Gasteiger charge is 2.17. The predicted octanol–water partition coefficient (Wildman–Crippen LogP) is 0.830. The van der Waals surface area contributed by atoms with Gasteiger partial charge in [0.1, 0.15) is 0 Å². The van der Waals surface area contributed by atoms with E-state index in [2.05, 4.69) is 15.6 Å². The molecule has 1 heterocycles. The summed E-state index contributed by atoms with van der Waals surface area (Å²) < 4.78 is 0. The number of amidine groups is 1. The zero-order chi connectivity index (χ0) is 13.7.